The molecular weight excluding hydrogens is 152 g/mol. The quantitative estimate of drug-likeness (QED) is 0.647. The largest absolute Gasteiger partial charge is 0.352 e. The van der Waals surface area contributed by atoms with E-state index in [1.807, 2.05) is 13.8 Å². The molecule has 0 fully saturated rings. The van der Waals surface area contributed by atoms with E-state index in [1.54, 1.807) is 7.05 Å². The summed E-state index contributed by atoms with van der Waals surface area (Å²) in [6, 6.07) is 0.197. The Morgan fingerprint density at radius 1 is 1.42 bits per heavy atom. The average Bonchev–Trinajstić information content (AvgIpc) is 2.03. The van der Waals surface area contributed by atoms with Crippen LogP contribution in [-0.4, -0.2) is 25.0 Å². The molecule has 0 aliphatic rings. The molecule has 0 rings (SSSR count). The topological polar surface area (TPSA) is 41.1 Å². The lowest BCUT2D eigenvalue weighted by Gasteiger charge is -2.16. The number of nitrogens with one attached hydrogen (secondary N) is 2. The molecule has 2 atom stereocenters. The van der Waals surface area contributed by atoms with Crippen LogP contribution in [0.25, 0.3) is 0 Å². The van der Waals surface area contributed by atoms with Crippen molar-refractivity contribution in [3.05, 3.63) is 0 Å². The van der Waals surface area contributed by atoms with E-state index in [2.05, 4.69) is 17.6 Å². The standard InChI is InChI=1S/C9H20N2O/c1-5-6-7(2)11-9(12)8(3)10-4/h7-8,10H,5-6H2,1-4H3,(H,11,12). The summed E-state index contributed by atoms with van der Waals surface area (Å²) >= 11 is 0. The third kappa shape index (κ3) is 4.34. The first kappa shape index (κ1) is 11.4. The van der Waals surface area contributed by atoms with Crippen LogP contribution in [0.1, 0.15) is 33.6 Å². The summed E-state index contributed by atoms with van der Waals surface area (Å²) in [4.78, 5) is 11.3. The Hall–Kier alpha value is -0.570. The Morgan fingerprint density at radius 2 is 2.00 bits per heavy atom. The first-order chi connectivity index (χ1) is 5.61. The van der Waals surface area contributed by atoms with E-state index in [-0.39, 0.29) is 11.9 Å². The van der Waals surface area contributed by atoms with Gasteiger partial charge in [-0.1, -0.05) is 13.3 Å². The number of carbonyl (C=O) groups excluding carboxylic acids is 1. The third-order valence-corrected chi connectivity index (χ3v) is 1.94. The maximum atomic E-state index is 11.3. The van der Waals surface area contributed by atoms with Crippen molar-refractivity contribution in [2.75, 3.05) is 7.05 Å². The van der Waals surface area contributed by atoms with Gasteiger partial charge in [-0.25, -0.2) is 0 Å². The van der Waals surface area contributed by atoms with Crippen LogP contribution in [0.5, 0.6) is 0 Å². The van der Waals surface area contributed by atoms with Gasteiger partial charge in [-0.3, -0.25) is 4.79 Å². The van der Waals surface area contributed by atoms with Crippen LogP contribution in [0.3, 0.4) is 0 Å². The minimum absolute atomic E-state index is 0.0819. The Morgan fingerprint density at radius 3 is 2.42 bits per heavy atom. The minimum Gasteiger partial charge on any atom is -0.352 e. The highest BCUT2D eigenvalue weighted by molar-refractivity contribution is 5.81. The van der Waals surface area contributed by atoms with Crippen LogP contribution in [-0.2, 0) is 4.79 Å². The van der Waals surface area contributed by atoms with Crippen molar-refractivity contribution in [2.45, 2.75) is 45.7 Å². The monoisotopic (exact) mass is 172 g/mol. The fourth-order valence-electron chi connectivity index (χ4n) is 1.00. The van der Waals surface area contributed by atoms with Gasteiger partial charge in [0.1, 0.15) is 0 Å². The molecule has 3 nitrogen and oxygen atoms in total. The lowest BCUT2D eigenvalue weighted by molar-refractivity contribution is -0.123. The molecule has 0 aliphatic heterocycles. The highest BCUT2D eigenvalue weighted by Gasteiger charge is 2.11. The summed E-state index contributed by atoms with van der Waals surface area (Å²) in [5.41, 5.74) is 0. The summed E-state index contributed by atoms with van der Waals surface area (Å²) in [7, 11) is 1.79. The summed E-state index contributed by atoms with van der Waals surface area (Å²) in [5, 5.41) is 5.83. The summed E-state index contributed by atoms with van der Waals surface area (Å²) in [5.74, 6) is 0.0819. The van der Waals surface area contributed by atoms with Crippen LogP contribution in [0, 0.1) is 0 Å². The average molecular weight is 172 g/mol. The minimum atomic E-state index is -0.0932. The van der Waals surface area contributed by atoms with Gasteiger partial charge in [0.15, 0.2) is 0 Å². The van der Waals surface area contributed by atoms with Crippen molar-refractivity contribution in [2.24, 2.45) is 0 Å². The first-order valence-corrected chi connectivity index (χ1v) is 4.59. The molecule has 0 bridgehead atoms. The maximum absolute atomic E-state index is 11.3. The zero-order valence-electron chi connectivity index (χ0n) is 8.48. The number of carbonyl (C=O) groups is 1. The van der Waals surface area contributed by atoms with Crippen molar-refractivity contribution in [1.29, 1.82) is 0 Å². The van der Waals surface area contributed by atoms with Crippen LogP contribution >= 0.6 is 0 Å². The number of hydrogen-bond donors (Lipinski definition) is 2. The van der Waals surface area contributed by atoms with Gasteiger partial charge in [0.2, 0.25) is 5.91 Å². The molecule has 3 heteroatoms. The molecule has 0 aromatic rings. The second kappa shape index (κ2) is 6.00. The fraction of sp³-hybridized carbons (Fsp3) is 0.889. The normalized spacial score (nSPS) is 15.3. The molecule has 2 unspecified atom stereocenters. The highest BCUT2D eigenvalue weighted by atomic mass is 16.2. The van der Waals surface area contributed by atoms with Crippen molar-refractivity contribution in [1.82, 2.24) is 10.6 Å². The first-order valence-electron chi connectivity index (χ1n) is 4.59. The van der Waals surface area contributed by atoms with E-state index in [0.29, 0.717) is 6.04 Å². The van der Waals surface area contributed by atoms with Gasteiger partial charge >= 0.3 is 0 Å². The fourth-order valence-corrected chi connectivity index (χ4v) is 1.00. The van der Waals surface area contributed by atoms with Crippen molar-refractivity contribution < 1.29 is 4.79 Å². The second-order valence-corrected chi connectivity index (χ2v) is 3.21. The smallest absolute Gasteiger partial charge is 0.237 e. The van der Waals surface area contributed by atoms with Crippen molar-refractivity contribution in [3.63, 3.8) is 0 Å². The molecular formula is C9H20N2O. The summed E-state index contributed by atoms with van der Waals surface area (Å²) < 4.78 is 0. The lowest BCUT2D eigenvalue weighted by atomic mass is 10.2. The predicted octanol–water partition coefficient (Wildman–Crippen LogP) is 0.899. The van der Waals surface area contributed by atoms with Gasteiger partial charge in [-0.2, -0.15) is 0 Å². The van der Waals surface area contributed by atoms with Gasteiger partial charge < -0.3 is 10.6 Å². The molecule has 1 amide bonds. The lowest BCUT2D eigenvalue weighted by Crippen LogP contribution is -2.44. The molecule has 0 aliphatic carbocycles. The molecule has 0 radical (unpaired) electrons. The van der Waals surface area contributed by atoms with Crippen LogP contribution in [0.4, 0.5) is 0 Å². The zero-order chi connectivity index (χ0) is 9.56. The molecule has 0 saturated heterocycles. The Bertz CT molecular complexity index is 136. The van der Waals surface area contributed by atoms with Gasteiger partial charge in [-0.05, 0) is 27.3 Å². The molecule has 0 spiro atoms. The number of likely N-dealkylation sites (N-methyl/N-ethyl adjacent to an activating group) is 1. The van der Waals surface area contributed by atoms with Crippen LogP contribution < -0.4 is 10.6 Å². The Kier molecular flexibility index (Phi) is 5.72. The van der Waals surface area contributed by atoms with Crippen molar-refractivity contribution >= 4 is 5.91 Å². The van der Waals surface area contributed by atoms with E-state index in [4.69, 9.17) is 0 Å². The number of amides is 1. The van der Waals surface area contributed by atoms with E-state index in [0.717, 1.165) is 12.8 Å². The second-order valence-electron chi connectivity index (χ2n) is 3.21. The highest BCUT2D eigenvalue weighted by Crippen LogP contribution is 1.95. The van der Waals surface area contributed by atoms with Gasteiger partial charge in [-0.15, -0.1) is 0 Å². The van der Waals surface area contributed by atoms with Crippen LogP contribution in [0.15, 0.2) is 0 Å². The van der Waals surface area contributed by atoms with Gasteiger partial charge in [0, 0.05) is 6.04 Å². The molecule has 0 aromatic heterocycles. The molecule has 0 heterocycles. The van der Waals surface area contributed by atoms with E-state index < -0.39 is 0 Å². The van der Waals surface area contributed by atoms with Crippen LogP contribution in [0.2, 0.25) is 0 Å². The summed E-state index contributed by atoms with van der Waals surface area (Å²) in [6.45, 7) is 6.00. The SMILES string of the molecule is CCCC(C)NC(=O)C(C)NC. The molecule has 72 valence electrons. The van der Waals surface area contributed by atoms with Crippen molar-refractivity contribution in [3.8, 4) is 0 Å². The van der Waals surface area contributed by atoms with Gasteiger partial charge in [0.25, 0.3) is 0 Å². The maximum Gasteiger partial charge on any atom is 0.237 e. The molecule has 12 heavy (non-hydrogen) atoms. The molecule has 0 aromatic carbocycles. The Balaban J connectivity index is 3.67. The Labute approximate surface area is 74.9 Å². The van der Waals surface area contributed by atoms with E-state index in [1.165, 1.54) is 0 Å². The molecule has 2 N–H and O–H groups in total. The zero-order valence-corrected chi connectivity index (χ0v) is 8.48. The number of hydrogen-bond acceptors (Lipinski definition) is 2. The van der Waals surface area contributed by atoms with Gasteiger partial charge in [0.05, 0.1) is 6.04 Å². The third-order valence-electron chi connectivity index (χ3n) is 1.94. The van der Waals surface area contributed by atoms with E-state index >= 15 is 0 Å². The summed E-state index contributed by atoms with van der Waals surface area (Å²) in [6.07, 6.45) is 2.15. The van der Waals surface area contributed by atoms with E-state index in [9.17, 15) is 4.79 Å². The molecule has 0 saturated carbocycles. The predicted molar refractivity (Wildman–Crippen MR) is 51.0 cm³/mol. The number of rotatable bonds is 5.